The zero-order valence-corrected chi connectivity index (χ0v) is 12.0. The molecule has 1 aromatic rings. The minimum absolute atomic E-state index is 0.218. The van der Waals surface area contributed by atoms with Crippen molar-refractivity contribution in [1.29, 1.82) is 0 Å². The molecule has 1 N–H and O–H groups in total. The predicted molar refractivity (Wildman–Crippen MR) is 76.2 cm³/mol. The second-order valence-corrected chi connectivity index (χ2v) is 5.57. The first-order chi connectivity index (χ1) is 9.19. The molecule has 2 nitrogen and oxygen atoms in total. The topological polar surface area (TPSA) is 21.3 Å². The fraction of sp³-hybridized carbons (Fsp3) is 0.600. The highest BCUT2D eigenvalue weighted by Gasteiger charge is 2.18. The van der Waals surface area contributed by atoms with Crippen LogP contribution in [-0.4, -0.2) is 25.8 Å². The zero-order valence-electron chi connectivity index (χ0n) is 11.3. The Kier molecular flexibility index (Phi) is 5.61. The van der Waals surface area contributed by atoms with Crippen LogP contribution in [0.15, 0.2) is 18.2 Å². The summed E-state index contributed by atoms with van der Waals surface area (Å²) in [6.45, 7) is 0.890. The van der Waals surface area contributed by atoms with Gasteiger partial charge in [-0.2, -0.15) is 0 Å². The van der Waals surface area contributed by atoms with Gasteiger partial charge in [-0.15, -0.1) is 0 Å². The van der Waals surface area contributed by atoms with Crippen LogP contribution >= 0.6 is 11.6 Å². The molecule has 2 unspecified atom stereocenters. The largest absolute Gasteiger partial charge is 0.378 e. The minimum Gasteiger partial charge on any atom is -0.378 e. The van der Waals surface area contributed by atoms with Crippen molar-refractivity contribution in [2.45, 2.75) is 44.2 Å². The molecule has 2 atom stereocenters. The molecule has 0 saturated carbocycles. The Balaban J connectivity index is 1.86. The molecule has 4 heteroatoms. The summed E-state index contributed by atoms with van der Waals surface area (Å²) in [5.74, 6) is -0.218. The number of halogens is 2. The molecule has 1 fully saturated rings. The van der Waals surface area contributed by atoms with Crippen LogP contribution in [0, 0.1) is 5.82 Å². The molecule has 1 saturated heterocycles. The van der Waals surface area contributed by atoms with Crippen LogP contribution in [0.2, 0.25) is 5.02 Å². The second kappa shape index (κ2) is 7.22. The van der Waals surface area contributed by atoms with Gasteiger partial charge >= 0.3 is 0 Å². The normalized spacial score (nSPS) is 20.7. The van der Waals surface area contributed by atoms with Crippen molar-refractivity contribution in [3.63, 3.8) is 0 Å². The van der Waals surface area contributed by atoms with E-state index in [1.165, 1.54) is 12.5 Å². The van der Waals surface area contributed by atoms with Crippen molar-refractivity contribution in [2.24, 2.45) is 0 Å². The number of nitrogens with one attached hydrogen (secondary N) is 1. The van der Waals surface area contributed by atoms with Gasteiger partial charge in [0.25, 0.3) is 0 Å². The zero-order chi connectivity index (χ0) is 13.7. The smallest absolute Gasteiger partial charge is 0.127 e. The molecule has 0 aliphatic carbocycles. The first kappa shape index (κ1) is 14.8. The molecule has 1 aliphatic rings. The van der Waals surface area contributed by atoms with Gasteiger partial charge in [0.2, 0.25) is 0 Å². The van der Waals surface area contributed by atoms with Crippen LogP contribution in [0.4, 0.5) is 4.39 Å². The Labute approximate surface area is 119 Å². The van der Waals surface area contributed by atoms with E-state index in [0.29, 0.717) is 17.5 Å². The molecule has 0 radical (unpaired) electrons. The number of benzene rings is 1. The van der Waals surface area contributed by atoms with Gasteiger partial charge in [0.15, 0.2) is 0 Å². The number of rotatable bonds is 6. The summed E-state index contributed by atoms with van der Waals surface area (Å²) in [6, 6.07) is 5.17. The van der Waals surface area contributed by atoms with Crippen LogP contribution in [0.5, 0.6) is 0 Å². The lowest BCUT2D eigenvalue weighted by Crippen LogP contribution is -2.29. The third kappa shape index (κ3) is 4.44. The Morgan fingerprint density at radius 1 is 1.53 bits per heavy atom. The Morgan fingerprint density at radius 2 is 2.37 bits per heavy atom. The summed E-state index contributed by atoms with van der Waals surface area (Å²) < 4.78 is 19.4. The first-order valence-corrected chi connectivity index (χ1v) is 7.29. The van der Waals surface area contributed by atoms with Gasteiger partial charge < -0.3 is 10.1 Å². The van der Waals surface area contributed by atoms with E-state index in [2.05, 4.69) is 5.32 Å². The molecule has 0 bridgehead atoms. The minimum atomic E-state index is -0.218. The summed E-state index contributed by atoms with van der Waals surface area (Å²) in [4.78, 5) is 0. The lowest BCUT2D eigenvalue weighted by atomic mass is 9.99. The van der Waals surface area contributed by atoms with E-state index in [1.807, 2.05) is 7.05 Å². The highest BCUT2D eigenvalue weighted by molar-refractivity contribution is 6.30. The first-order valence-electron chi connectivity index (χ1n) is 6.92. The van der Waals surface area contributed by atoms with E-state index in [1.54, 1.807) is 12.1 Å². The SMILES string of the molecule is CNC(CCC1CCCO1)Cc1ccc(Cl)cc1F. The van der Waals surface area contributed by atoms with E-state index < -0.39 is 0 Å². The van der Waals surface area contributed by atoms with Crippen LogP contribution in [0.25, 0.3) is 0 Å². The lowest BCUT2D eigenvalue weighted by Gasteiger charge is -2.18. The Hall–Kier alpha value is -0.640. The van der Waals surface area contributed by atoms with Crippen LogP contribution in [0.1, 0.15) is 31.2 Å². The highest BCUT2D eigenvalue weighted by atomic mass is 35.5. The van der Waals surface area contributed by atoms with Gasteiger partial charge in [0, 0.05) is 17.7 Å². The molecule has 19 heavy (non-hydrogen) atoms. The highest BCUT2D eigenvalue weighted by Crippen LogP contribution is 2.20. The molecule has 1 aliphatic heterocycles. The van der Waals surface area contributed by atoms with Crippen molar-refractivity contribution < 1.29 is 9.13 Å². The standard InChI is InChI=1S/C15H21ClFNO/c1-18-13(6-7-14-3-2-8-19-14)9-11-4-5-12(16)10-15(11)17/h4-5,10,13-14,18H,2-3,6-9H2,1H3. The van der Waals surface area contributed by atoms with Crippen molar-refractivity contribution in [3.8, 4) is 0 Å². The van der Waals surface area contributed by atoms with Crippen LogP contribution < -0.4 is 5.32 Å². The Bertz CT molecular complexity index is 407. The summed E-state index contributed by atoms with van der Waals surface area (Å²) in [5, 5.41) is 3.71. The van der Waals surface area contributed by atoms with E-state index in [9.17, 15) is 4.39 Å². The van der Waals surface area contributed by atoms with Gasteiger partial charge in [-0.3, -0.25) is 0 Å². The third-order valence-corrected chi connectivity index (χ3v) is 3.99. The number of likely N-dealkylation sites (N-methyl/N-ethyl adjacent to an activating group) is 1. The maximum absolute atomic E-state index is 13.8. The maximum Gasteiger partial charge on any atom is 0.127 e. The fourth-order valence-electron chi connectivity index (χ4n) is 2.56. The van der Waals surface area contributed by atoms with E-state index in [-0.39, 0.29) is 11.9 Å². The number of ether oxygens (including phenoxy) is 1. The number of hydrogen-bond donors (Lipinski definition) is 1. The molecular formula is C15H21ClFNO. The Morgan fingerprint density at radius 3 is 3.00 bits per heavy atom. The van der Waals surface area contributed by atoms with Crippen molar-refractivity contribution in [1.82, 2.24) is 5.32 Å². The van der Waals surface area contributed by atoms with E-state index in [4.69, 9.17) is 16.3 Å². The molecule has 2 rings (SSSR count). The predicted octanol–water partition coefficient (Wildman–Crippen LogP) is 3.57. The van der Waals surface area contributed by atoms with Gasteiger partial charge in [-0.05, 0) is 56.8 Å². The molecule has 0 spiro atoms. The van der Waals surface area contributed by atoms with Crippen molar-refractivity contribution in [3.05, 3.63) is 34.6 Å². The average Bonchev–Trinajstić information content (AvgIpc) is 2.90. The molecule has 1 aromatic carbocycles. The van der Waals surface area contributed by atoms with Gasteiger partial charge in [0.05, 0.1) is 6.10 Å². The van der Waals surface area contributed by atoms with Crippen molar-refractivity contribution in [2.75, 3.05) is 13.7 Å². The molecule has 1 heterocycles. The molecule has 0 aromatic heterocycles. The molecule has 106 valence electrons. The van der Waals surface area contributed by atoms with Crippen molar-refractivity contribution >= 4 is 11.6 Å². The van der Waals surface area contributed by atoms with E-state index >= 15 is 0 Å². The number of hydrogen-bond acceptors (Lipinski definition) is 2. The quantitative estimate of drug-likeness (QED) is 0.863. The van der Waals surface area contributed by atoms with Gasteiger partial charge in [0.1, 0.15) is 5.82 Å². The summed E-state index contributed by atoms with van der Waals surface area (Å²) in [7, 11) is 1.92. The maximum atomic E-state index is 13.8. The van der Waals surface area contributed by atoms with E-state index in [0.717, 1.165) is 31.4 Å². The summed E-state index contributed by atoms with van der Waals surface area (Å²) in [5.41, 5.74) is 0.719. The van der Waals surface area contributed by atoms with Gasteiger partial charge in [-0.1, -0.05) is 17.7 Å². The average molecular weight is 286 g/mol. The summed E-state index contributed by atoms with van der Waals surface area (Å²) in [6.07, 6.45) is 5.45. The third-order valence-electron chi connectivity index (χ3n) is 3.75. The van der Waals surface area contributed by atoms with Crippen LogP contribution in [0.3, 0.4) is 0 Å². The molecule has 0 amide bonds. The van der Waals surface area contributed by atoms with Gasteiger partial charge in [-0.25, -0.2) is 4.39 Å². The lowest BCUT2D eigenvalue weighted by molar-refractivity contribution is 0.0998. The second-order valence-electron chi connectivity index (χ2n) is 5.14. The summed E-state index contributed by atoms with van der Waals surface area (Å²) >= 11 is 5.76. The fourth-order valence-corrected chi connectivity index (χ4v) is 2.72. The monoisotopic (exact) mass is 285 g/mol. The van der Waals surface area contributed by atoms with Crippen LogP contribution in [-0.2, 0) is 11.2 Å². The molecular weight excluding hydrogens is 265 g/mol.